The highest BCUT2D eigenvalue weighted by Gasteiger charge is 2.23. The number of hydrogen-bond donors (Lipinski definition) is 1. The molecule has 0 unspecified atom stereocenters. The molecule has 3 aromatic rings. The molecule has 0 aliphatic carbocycles. The summed E-state index contributed by atoms with van der Waals surface area (Å²) in [5, 5.41) is 4.01. The zero-order chi connectivity index (χ0) is 19.2. The largest absolute Gasteiger partial charge is 0.497 e. The lowest BCUT2D eigenvalue weighted by Gasteiger charge is -2.09. The number of hydrogen-bond acceptors (Lipinski definition) is 8. The summed E-state index contributed by atoms with van der Waals surface area (Å²) in [6, 6.07) is 7.93. The topological polar surface area (TPSA) is 82.6 Å². The normalized spacial score (nSPS) is 10.6. The summed E-state index contributed by atoms with van der Waals surface area (Å²) in [7, 11) is 3.17. The van der Waals surface area contributed by atoms with E-state index in [-0.39, 0.29) is 0 Å². The molecule has 0 spiro atoms. The second kappa shape index (κ2) is 8.68. The van der Waals surface area contributed by atoms with Crippen molar-refractivity contribution >= 4 is 33.3 Å². The molecule has 2 heterocycles. The van der Waals surface area contributed by atoms with Crippen LogP contribution in [0.5, 0.6) is 11.5 Å². The number of carbonyl (C=O) groups excluding carboxylic acids is 1. The summed E-state index contributed by atoms with van der Waals surface area (Å²) < 4.78 is 15.8. The van der Waals surface area contributed by atoms with E-state index in [1.165, 1.54) is 30.3 Å². The van der Waals surface area contributed by atoms with Crippen LogP contribution >= 0.6 is 11.3 Å². The lowest BCUT2D eigenvalue weighted by molar-refractivity contribution is 0.0529. The number of aromatic nitrogens is 2. The van der Waals surface area contributed by atoms with Gasteiger partial charge in [-0.25, -0.2) is 14.8 Å². The Morgan fingerprint density at radius 2 is 1.93 bits per heavy atom. The van der Waals surface area contributed by atoms with Gasteiger partial charge in [0.25, 0.3) is 0 Å². The van der Waals surface area contributed by atoms with Crippen LogP contribution in [0.25, 0.3) is 10.2 Å². The fraction of sp³-hybridized carbons (Fsp3) is 0.316. The fourth-order valence-corrected chi connectivity index (χ4v) is 3.69. The maximum absolute atomic E-state index is 12.2. The predicted molar refractivity (Wildman–Crippen MR) is 105 cm³/mol. The molecule has 27 heavy (non-hydrogen) atoms. The van der Waals surface area contributed by atoms with E-state index >= 15 is 0 Å². The molecule has 0 saturated carbocycles. The number of ether oxygens (including phenoxy) is 3. The van der Waals surface area contributed by atoms with Crippen LogP contribution in [0, 0.1) is 0 Å². The zero-order valence-corrected chi connectivity index (χ0v) is 16.3. The van der Waals surface area contributed by atoms with Crippen molar-refractivity contribution < 1.29 is 19.0 Å². The Labute approximate surface area is 161 Å². The third-order valence-electron chi connectivity index (χ3n) is 3.97. The van der Waals surface area contributed by atoms with E-state index in [0.29, 0.717) is 39.8 Å². The molecule has 0 atom stereocenters. The molecule has 3 rings (SSSR count). The summed E-state index contributed by atoms with van der Waals surface area (Å²) in [4.78, 5) is 21.8. The van der Waals surface area contributed by atoms with Crippen molar-refractivity contribution in [3.63, 3.8) is 0 Å². The van der Waals surface area contributed by atoms with Gasteiger partial charge < -0.3 is 19.5 Å². The molecule has 0 saturated heterocycles. The molecule has 0 radical (unpaired) electrons. The first-order chi connectivity index (χ1) is 13.2. The Morgan fingerprint density at radius 1 is 1.15 bits per heavy atom. The molecule has 142 valence electrons. The van der Waals surface area contributed by atoms with Crippen LogP contribution in [0.15, 0.2) is 30.6 Å². The second-order valence-electron chi connectivity index (χ2n) is 5.61. The Hall–Kier alpha value is -2.87. The van der Waals surface area contributed by atoms with E-state index in [1.807, 2.05) is 24.3 Å². The molecule has 0 amide bonds. The third kappa shape index (κ3) is 4.11. The lowest BCUT2D eigenvalue weighted by atomic mass is 10.1. The van der Waals surface area contributed by atoms with Crippen LogP contribution in [-0.4, -0.2) is 43.3 Å². The van der Waals surface area contributed by atoms with Gasteiger partial charge in [-0.2, -0.15) is 0 Å². The highest BCUT2D eigenvalue weighted by molar-refractivity contribution is 7.21. The minimum atomic E-state index is -0.415. The molecule has 0 fully saturated rings. The average Bonchev–Trinajstić information content (AvgIpc) is 3.08. The first kappa shape index (κ1) is 18.9. The van der Waals surface area contributed by atoms with Gasteiger partial charge in [-0.15, -0.1) is 11.3 Å². The van der Waals surface area contributed by atoms with Gasteiger partial charge in [-0.1, -0.05) is 12.1 Å². The van der Waals surface area contributed by atoms with Crippen LogP contribution in [0.4, 0.5) is 5.82 Å². The van der Waals surface area contributed by atoms with E-state index in [4.69, 9.17) is 14.2 Å². The summed E-state index contributed by atoms with van der Waals surface area (Å²) in [6.07, 6.45) is 2.29. The SMILES string of the molecule is CCOC(=O)c1sc2ncnc(NCCc3ccc(OC)cc3)c2c1OC. The van der Waals surface area contributed by atoms with Gasteiger partial charge in [-0.05, 0) is 31.0 Å². The van der Waals surface area contributed by atoms with E-state index in [2.05, 4.69) is 15.3 Å². The van der Waals surface area contributed by atoms with Crippen LogP contribution in [0.1, 0.15) is 22.2 Å². The van der Waals surface area contributed by atoms with E-state index in [0.717, 1.165) is 12.2 Å². The maximum atomic E-state index is 12.2. The van der Waals surface area contributed by atoms with Crippen LogP contribution < -0.4 is 14.8 Å². The summed E-state index contributed by atoms with van der Waals surface area (Å²) >= 11 is 1.24. The molecular formula is C19H21N3O4S. The van der Waals surface area contributed by atoms with E-state index < -0.39 is 5.97 Å². The maximum Gasteiger partial charge on any atom is 0.352 e. The average molecular weight is 387 g/mol. The molecule has 7 nitrogen and oxygen atoms in total. The van der Waals surface area contributed by atoms with Gasteiger partial charge in [0.05, 0.1) is 26.2 Å². The van der Waals surface area contributed by atoms with Crippen LogP contribution in [0.2, 0.25) is 0 Å². The van der Waals surface area contributed by atoms with Crippen molar-refractivity contribution in [3.8, 4) is 11.5 Å². The zero-order valence-electron chi connectivity index (χ0n) is 15.4. The smallest absolute Gasteiger partial charge is 0.352 e. The first-order valence-electron chi connectivity index (χ1n) is 8.53. The predicted octanol–water partition coefficient (Wildman–Crippen LogP) is 3.54. The number of rotatable bonds is 8. The minimum Gasteiger partial charge on any atom is -0.497 e. The van der Waals surface area contributed by atoms with Gasteiger partial charge in [0.2, 0.25) is 0 Å². The lowest BCUT2D eigenvalue weighted by Crippen LogP contribution is -2.07. The Morgan fingerprint density at radius 3 is 2.59 bits per heavy atom. The summed E-state index contributed by atoms with van der Waals surface area (Å²) in [6.45, 7) is 2.74. The quantitative estimate of drug-likeness (QED) is 0.592. The fourth-order valence-electron chi connectivity index (χ4n) is 2.69. The second-order valence-corrected chi connectivity index (χ2v) is 6.61. The standard InChI is InChI=1S/C19H21N3O4S/c1-4-26-19(23)16-15(25-3)14-17(21-11-22-18(14)27-16)20-10-9-12-5-7-13(24-2)8-6-12/h5-8,11H,4,9-10H2,1-3H3,(H,20,21,22). The summed E-state index contributed by atoms with van der Waals surface area (Å²) in [5.74, 6) is 1.50. The number of nitrogens with zero attached hydrogens (tertiary/aromatic N) is 2. The van der Waals surface area contributed by atoms with Gasteiger partial charge in [0, 0.05) is 6.54 Å². The number of methoxy groups -OCH3 is 2. The molecule has 0 aliphatic heterocycles. The van der Waals surface area contributed by atoms with Crippen molar-refractivity contribution in [2.75, 3.05) is 32.7 Å². The van der Waals surface area contributed by atoms with Crippen molar-refractivity contribution in [2.24, 2.45) is 0 Å². The van der Waals surface area contributed by atoms with Gasteiger partial charge >= 0.3 is 5.97 Å². The van der Waals surface area contributed by atoms with Crippen molar-refractivity contribution in [2.45, 2.75) is 13.3 Å². The first-order valence-corrected chi connectivity index (χ1v) is 9.35. The number of benzene rings is 1. The van der Waals surface area contributed by atoms with Crippen molar-refractivity contribution in [1.82, 2.24) is 9.97 Å². The Balaban J connectivity index is 1.80. The highest BCUT2D eigenvalue weighted by Crippen LogP contribution is 2.40. The van der Waals surface area contributed by atoms with Gasteiger partial charge in [-0.3, -0.25) is 0 Å². The van der Waals surface area contributed by atoms with Crippen LogP contribution in [-0.2, 0) is 11.2 Å². The molecule has 1 N–H and O–H groups in total. The monoisotopic (exact) mass is 387 g/mol. The summed E-state index contributed by atoms with van der Waals surface area (Å²) in [5.41, 5.74) is 1.18. The Kier molecular flexibility index (Phi) is 6.08. The Bertz CT molecular complexity index is 925. The number of esters is 1. The molecule has 0 bridgehead atoms. The minimum absolute atomic E-state index is 0.300. The van der Waals surface area contributed by atoms with E-state index in [1.54, 1.807) is 14.0 Å². The molecule has 2 aromatic heterocycles. The van der Waals surface area contributed by atoms with Crippen molar-refractivity contribution in [1.29, 1.82) is 0 Å². The molecule has 1 aromatic carbocycles. The van der Waals surface area contributed by atoms with Gasteiger partial charge in [0.15, 0.2) is 10.6 Å². The molecular weight excluding hydrogens is 366 g/mol. The molecule has 8 heteroatoms. The number of fused-ring (bicyclic) bond motifs is 1. The number of thiophene rings is 1. The van der Waals surface area contributed by atoms with Crippen molar-refractivity contribution in [3.05, 3.63) is 41.0 Å². The number of anilines is 1. The number of carbonyl (C=O) groups is 1. The highest BCUT2D eigenvalue weighted by atomic mass is 32.1. The number of nitrogens with one attached hydrogen (secondary N) is 1. The third-order valence-corrected chi connectivity index (χ3v) is 5.03. The van der Waals surface area contributed by atoms with Gasteiger partial charge in [0.1, 0.15) is 22.7 Å². The molecule has 0 aliphatic rings. The van der Waals surface area contributed by atoms with Crippen LogP contribution in [0.3, 0.4) is 0 Å². The van der Waals surface area contributed by atoms with E-state index in [9.17, 15) is 4.79 Å².